The number of rotatable bonds is 5. The summed E-state index contributed by atoms with van der Waals surface area (Å²) in [5, 5.41) is -0.221. The molecule has 0 unspecified atom stereocenters. The quantitative estimate of drug-likeness (QED) is 0.767. The summed E-state index contributed by atoms with van der Waals surface area (Å²) < 4.78 is 36.0. The van der Waals surface area contributed by atoms with Crippen LogP contribution in [0.2, 0.25) is 5.02 Å². The molecule has 0 N–H and O–H groups in total. The lowest BCUT2D eigenvalue weighted by molar-refractivity contribution is 0.229. The predicted octanol–water partition coefficient (Wildman–Crippen LogP) is 3.37. The van der Waals surface area contributed by atoms with Crippen molar-refractivity contribution in [3.8, 4) is 0 Å². The van der Waals surface area contributed by atoms with Crippen molar-refractivity contribution in [1.29, 1.82) is 0 Å². The van der Waals surface area contributed by atoms with Gasteiger partial charge in [-0.05, 0) is 26.0 Å². The fourth-order valence-electron chi connectivity index (χ4n) is 1.22. The van der Waals surface area contributed by atoms with E-state index in [9.17, 15) is 8.96 Å². The molecule has 0 aliphatic heterocycles. The van der Waals surface area contributed by atoms with Gasteiger partial charge < -0.3 is 9.05 Å². The average Bonchev–Trinajstić information content (AvgIpc) is 2.22. The summed E-state index contributed by atoms with van der Waals surface area (Å²) in [5.41, 5.74) is 0. The summed E-state index contributed by atoms with van der Waals surface area (Å²) >= 11 is 5.61. The van der Waals surface area contributed by atoms with Crippen LogP contribution in [0.15, 0.2) is 18.2 Å². The molecule has 1 rings (SSSR count). The van der Waals surface area contributed by atoms with Gasteiger partial charge in [-0.1, -0.05) is 17.7 Å². The smallest absolute Gasteiger partial charge is 0.305 e. The van der Waals surface area contributed by atoms with E-state index in [0.29, 0.717) is 0 Å². The summed E-state index contributed by atoms with van der Waals surface area (Å²) in [4.78, 5) is 0. The van der Waals surface area contributed by atoms with Crippen molar-refractivity contribution in [3.63, 3.8) is 0 Å². The van der Waals surface area contributed by atoms with E-state index >= 15 is 0 Å². The van der Waals surface area contributed by atoms with Gasteiger partial charge in [-0.25, -0.2) is 4.39 Å². The molecule has 6 heteroatoms. The van der Waals surface area contributed by atoms with E-state index in [4.69, 9.17) is 20.6 Å². The number of benzene rings is 1. The fraction of sp³-hybridized carbons (Fsp3) is 0.400. The van der Waals surface area contributed by atoms with Gasteiger partial charge in [0.15, 0.2) is 5.82 Å². The van der Waals surface area contributed by atoms with Gasteiger partial charge in [0.05, 0.1) is 18.2 Å². The SMILES string of the molecule is CCOP(=O)(OCC)c1cccc(Cl)c1F. The summed E-state index contributed by atoms with van der Waals surface area (Å²) in [6, 6.07) is 4.24. The second-order valence-corrected chi connectivity index (χ2v) is 5.31. The largest absolute Gasteiger partial charge is 0.364 e. The predicted molar refractivity (Wildman–Crippen MR) is 61.9 cm³/mol. The van der Waals surface area contributed by atoms with Gasteiger partial charge >= 0.3 is 7.60 Å². The Labute approximate surface area is 99.1 Å². The van der Waals surface area contributed by atoms with Gasteiger partial charge in [-0.3, -0.25) is 4.57 Å². The molecule has 90 valence electrons. The molecular formula is C10H13ClFO3P. The molecule has 0 saturated heterocycles. The highest BCUT2D eigenvalue weighted by atomic mass is 35.5. The summed E-state index contributed by atoms with van der Waals surface area (Å²) in [7, 11) is -3.60. The Kier molecular flexibility index (Phi) is 4.93. The van der Waals surface area contributed by atoms with E-state index < -0.39 is 13.4 Å². The van der Waals surface area contributed by atoms with Crippen molar-refractivity contribution in [2.24, 2.45) is 0 Å². The van der Waals surface area contributed by atoms with E-state index in [2.05, 4.69) is 0 Å². The highest BCUT2D eigenvalue weighted by molar-refractivity contribution is 7.62. The minimum absolute atomic E-state index is 0.0999. The molecule has 0 fully saturated rings. The first-order chi connectivity index (χ1) is 7.55. The molecule has 1 aromatic rings. The fourth-order valence-corrected chi connectivity index (χ4v) is 3.12. The molecule has 1 aromatic carbocycles. The van der Waals surface area contributed by atoms with Crippen molar-refractivity contribution in [1.82, 2.24) is 0 Å². The second-order valence-electron chi connectivity index (χ2n) is 2.91. The van der Waals surface area contributed by atoms with Crippen LogP contribution in [-0.2, 0) is 13.6 Å². The van der Waals surface area contributed by atoms with Crippen LogP contribution in [0.4, 0.5) is 4.39 Å². The minimum Gasteiger partial charge on any atom is -0.305 e. The Hall–Kier alpha value is -0.410. The Bertz CT molecular complexity index is 401. The van der Waals surface area contributed by atoms with Crippen LogP contribution in [0.25, 0.3) is 0 Å². The highest BCUT2D eigenvalue weighted by Gasteiger charge is 2.30. The Morgan fingerprint density at radius 1 is 1.31 bits per heavy atom. The molecule has 16 heavy (non-hydrogen) atoms. The summed E-state index contributed by atoms with van der Waals surface area (Å²) in [5.74, 6) is -0.755. The van der Waals surface area contributed by atoms with Crippen LogP contribution in [0.3, 0.4) is 0 Å². The van der Waals surface area contributed by atoms with Crippen molar-refractivity contribution < 1.29 is 18.0 Å². The Balaban J connectivity index is 3.21. The van der Waals surface area contributed by atoms with Gasteiger partial charge in [-0.15, -0.1) is 0 Å². The second kappa shape index (κ2) is 5.78. The van der Waals surface area contributed by atoms with Crippen LogP contribution in [0.1, 0.15) is 13.8 Å². The highest BCUT2D eigenvalue weighted by Crippen LogP contribution is 2.47. The van der Waals surface area contributed by atoms with Crippen molar-refractivity contribution >= 4 is 24.5 Å². The van der Waals surface area contributed by atoms with Crippen LogP contribution in [-0.4, -0.2) is 13.2 Å². The van der Waals surface area contributed by atoms with Crippen LogP contribution < -0.4 is 5.30 Å². The molecule has 0 spiro atoms. The summed E-state index contributed by atoms with van der Waals surface area (Å²) in [6.07, 6.45) is 0. The normalized spacial score (nSPS) is 11.8. The number of halogens is 2. The standard InChI is InChI=1S/C10H13ClFO3P/c1-3-14-16(13,15-4-2)9-7-5-6-8(11)10(9)12/h5-7H,3-4H2,1-2H3. The van der Waals surface area contributed by atoms with Gasteiger partial charge in [0.1, 0.15) is 5.30 Å². The van der Waals surface area contributed by atoms with E-state index in [0.717, 1.165) is 0 Å². The maximum absolute atomic E-state index is 13.7. The first-order valence-electron chi connectivity index (χ1n) is 4.88. The Morgan fingerprint density at radius 3 is 2.38 bits per heavy atom. The van der Waals surface area contributed by atoms with Crippen molar-refractivity contribution in [2.45, 2.75) is 13.8 Å². The van der Waals surface area contributed by atoms with Crippen LogP contribution in [0.5, 0.6) is 0 Å². The number of hydrogen-bond donors (Lipinski definition) is 0. The van der Waals surface area contributed by atoms with E-state index in [1.165, 1.54) is 18.2 Å². The molecule has 0 aromatic heterocycles. The van der Waals surface area contributed by atoms with Gasteiger partial charge in [0.25, 0.3) is 0 Å². The average molecular weight is 267 g/mol. The van der Waals surface area contributed by atoms with Gasteiger partial charge in [0, 0.05) is 0 Å². The molecule has 0 saturated carbocycles. The van der Waals surface area contributed by atoms with E-state index in [-0.39, 0.29) is 23.5 Å². The molecule has 0 radical (unpaired) electrons. The molecule has 0 heterocycles. The first kappa shape index (κ1) is 13.7. The zero-order valence-electron chi connectivity index (χ0n) is 9.07. The third kappa shape index (κ3) is 2.83. The zero-order valence-corrected chi connectivity index (χ0v) is 10.7. The molecule has 0 aliphatic rings. The molecule has 0 amide bonds. The van der Waals surface area contributed by atoms with E-state index in [1.54, 1.807) is 13.8 Å². The molecule has 0 bridgehead atoms. The van der Waals surface area contributed by atoms with Crippen molar-refractivity contribution in [2.75, 3.05) is 13.2 Å². The lowest BCUT2D eigenvalue weighted by Crippen LogP contribution is -2.14. The van der Waals surface area contributed by atoms with Crippen LogP contribution >= 0.6 is 19.2 Å². The monoisotopic (exact) mass is 266 g/mol. The number of hydrogen-bond acceptors (Lipinski definition) is 3. The third-order valence-electron chi connectivity index (χ3n) is 1.82. The van der Waals surface area contributed by atoms with E-state index in [1.807, 2.05) is 0 Å². The first-order valence-corrected chi connectivity index (χ1v) is 6.81. The Morgan fingerprint density at radius 2 is 1.88 bits per heavy atom. The van der Waals surface area contributed by atoms with Gasteiger partial charge in [-0.2, -0.15) is 0 Å². The minimum atomic E-state index is -3.60. The van der Waals surface area contributed by atoms with Gasteiger partial charge in [0.2, 0.25) is 0 Å². The zero-order chi connectivity index (χ0) is 12.2. The molecule has 0 atom stereocenters. The molecule has 3 nitrogen and oxygen atoms in total. The molecule has 0 aliphatic carbocycles. The lowest BCUT2D eigenvalue weighted by atomic mass is 10.3. The molecular weight excluding hydrogens is 254 g/mol. The van der Waals surface area contributed by atoms with Crippen LogP contribution in [0, 0.1) is 5.82 Å². The maximum atomic E-state index is 13.7. The summed E-state index contributed by atoms with van der Waals surface area (Å²) in [6.45, 7) is 3.66. The lowest BCUT2D eigenvalue weighted by Gasteiger charge is -2.17. The third-order valence-corrected chi connectivity index (χ3v) is 4.25. The van der Waals surface area contributed by atoms with Crippen molar-refractivity contribution in [3.05, 3.63) is 29.0 Å². The maximum Gasteiger partial charge on any atom is 0.364 e. The topological polar surface area (TPSA) is 35.5 Å².